The first-order valence-corrected chi connectivity index (χ1v) is 11.7. The highest BCUT2D eigenvalue weighted by Gasteiger charge is 2.25. The summed E-state index contributed by atoms with van der Waals surface area (Å²) in [4.78, 5) is 36.3. The first kappa shape index (κ1) is 19.9. The van der Waals surface area contributed by atoms with E-state index in [0.717, 1.165) is 37.6 Å². The number of carbonyl (C=O) groups excluding carboxylic acids is 2. The molecular formula is C24H19N3O2S2. The van der Waals surface area contributed by atoms with Crippen molar-refractivity contribution in [2.24, 2.45) is 0 Å². The van der Waals surface area contributed by atoms with Crippen LogP contribution in [-0.2, 0) is 11.2 Å². The molecule has 2 aromatic heterocycles. The predicted molar refractivity (Wildman–Crippen MR) is 126 cm³/mol. The van der Waals surface area contributed by atoms with Crippen LogP contribution in [0.1, 0.15) is 21.5 Å². The van der Waals surface area contributed by atoms with Crippen molar-refractivity contribution in [1.29, 1.82) is 0 Å². The van der Waals surface area contributed by atoms with Crippen molar-refractivity contribution in [2.45, 2.75) is 18.4 Å². The van der Waals surface area contributed by atoms with Gasteiger partial charge in [-0.05, 0) is 36.2 Å². The molecule has 0 saturated carbocycles. The number of rotatable bonds is 5. The van der Waals surface area contributed by atoms with Gasteiger partial charge < -0.3 is 4.90 Å². The van der Waals surface area contributed by atoms with Crippen LogP contribution in [0.4, 0.5) is 5.69 Å². The van der Waals surface area contributed by atoms with Crippen LogP contribution in [0.25, 0.3) is 21.3 Å². The maximum atomic E-state index is 12.9. The first-order chi connectivity index (χ1) is 15.0. The fraction of sp³-hybridized carbons (Fsp3) is 0.167. The highest BCUT2D eigenvalue weighted by molar-refractivity contribution is 8.00. The summed E-state index contributed by atoms with van der Waals surface area (Å²) >= 11 is 3.02. The van der Waals surface area contributed by atoms with Crippen LogP contribution in [0.2, 0.25) is 0 Å². The Hall–Kier alpha value is -3.03. The van der Waals surface area contributed by atoms with E-state index in [1.807, 2.05) is 12.1 Å². The SMILES string of the molecule is Cc1ccc(-c2csc3ncnc(SCC(=O)c4ccc5c(c4)CC(=O)N5C)c23)cc1. The fourth-order valence-electron chi connectivity index (χ4n) is 3.76. The van der Waals surface area contributed by atoms with Crippen molar-refractivity contribution in [1.82, 2.24) is 9.97 Å². The quantitative estimate of drug-likeness (QED) is 0.241. The number of amides is 1. The molecule has 5 nitrogen and oxygen atoms in total. The Morgan fingerprint density at radius 3 is 2.77 bits per heavy atom. The molecule has 1 aliphatic heterocycles. The highest BCUT2D eigenvalue weighted by atomic mass is 32.2. The number of ketones is 1. The number of aryl methyl sites for hydroxylation is 1. The topological polar surface area (TPSA) is 63.2 Å². The van der Waals surface area contributed by atoms with Gasteiger partial charge in [0, 0.05) is 29.2 Å². The number of hydrogen-bond acceptors (Lipinski definition) is 6. The van der Waals surface area contributed by atoms with Crippen LogP contribution >= 0.6 is 23.1 Å². The van der Waals surface area contributed by atoms with Crippen LogP contribution in [0.3, 0.4) is 0 Å². The number of aromatic nitrogens is 2. The Morgan fingerprint density at radius 1 is 1.16 bits per heavy atom. The van der Waals surface area contributed by atoms with Gasteiger partial charge in [-0.1, -0.05) is 41.6 Å². The van der Waals surface area contributed by atoms with Crippen LogP contribution in [0.5, 0.6) is 0 Å². The lowest BCUT2D eigenvalue weighted by Gasteiger charge is -2.10. The van der Waals surface area contributed by atoms with Crippen molar-refractivity contribution < 1.29 is 9.59 Å². The number of carbonyl (C=O) groups is 2. The van der Waals surface area contributed by atoms with Gasteiger partial charge in [0.15, 0.2) is 5.78 Å². The molecule has 0 fully saturated rings. The maximum absolute atomic E-state index is 12.9. The second-order valence-electron chi connectivity index (χ2n) is 7.56. The van der Waals surface area contributed by atoms with E-state index in [1.54, 1.807) is 35.7 Å². The third kappa shape index (κ3) is 3.64. The van der Waals surface area contributed by atoms with Crippen molar-refractivity contribution in [3.05, 3.63) is 70.9 Å². The van der Waals surface area contributed by atoms with E-state index in [0.29, 0.717) is 12.0 Å². The van der Waals surface area contributed by atoms with E-state index in [-0.39, 0.29) is 17.4 Å². The van der Waals surface area contributed by atoms with E-state index in [9.17, 15) is 9.59 Å². The molecule has 1 aliphatic rings. The third-order valence-corrected chi connectivity index (χ3v) is 7.39. The lowest BCUT2D eigenvalue weighted by Crippen LogP contribution is -2.20. The lowest BCUT2D eigenvalue weighted by molar-refractivity contribution is -0.117. The second-order valence-corrected chi connectivity index (χ2v) is 9.38. The Morgan fingerprint density at radius 2 is 1.97 bits per heavy atom. The summed E-state index contributed by atoms with van der Waals surface area (Å²) in [7, 11) is 1.76. The average Bonchev–Trinajstić information content (AvgIpc) is 3.33. The number of benzene rings is 2. The molecule has 154 valence electrons. The maximum Gasteiger partial charge on any atom is 0.231 e. The molecule has 4 aromatic rings. The number of thiophene rings is 1. The smallest absolute Gasteiger partial charge is 0.231 e. The minimum atomic E-state index is 0.0219. The standard InChI is InChI=1S/C24H19N3O2S2/c1-14-3-5-15(6-4-14)18-11-30-23-22(18)24(26-13-25-23)31-12-20(28)16-7-8-19-17(9-16)10-21(29)27(19)2/h3-9,11,13H,10,12H2,1-2H3. The molecule has 0 radical (unpaired) electrons. The number of hydrogen-bond donors (Lipinski definition) is 0. The molecule has 0 atom stereocenters. The Kier molecular flexibility index (Phi) is 5.08. The Balaban J connectivity index is 1.41. The van der Waals surface area contributed by atoms with Gasteiger partial charge in [-0.2, -0.15) is 0 Å². The lowest BCUT2D eigenvalue weighted by atomic mass is 10.1. The largest absolute Gasteiger partial charge is 0.315 e. The van der Waals surface area contributed by atoms with E-state index < -0.39 is 0 Å². The molecular weight excluding hydrogens is 426 g/mol. The molecule has 0 aliphatic carbocycles. The molecule has 7 heteroatoms. The summed E-state index contributed by atoms with van der Waals surface area (Å²) in [6.45, 7) is 2.07. The zero-order valence-electron chi connectivity index (χ0n) is 17.1. The van der Waals surface area contributed by atoms with E-state index in [1.165, 1.54) is 17.3 Å². The molecule has 5 rings (SSSR count). The molecule has 0 unspecified atom stereocenters. The molecule has 2 aromatic carbocycles. The van der Waals surface area contributed by atoms with Gasteiger partial charge in [-0.3, -0.25) is 9.59 Å². The number of nitrogens with zero attached hydrogens (tertiary/aromatic N) is 3. The highest BCUT2D eigenvalue weighted by Crippen LogP contribution is 2.38. The molecule has 0 saturated heterocycles. The van der Waals surface area contributed by atoms with Gasteiger partial charge in [0.1, 0.15) is 16.2 Å². The normalized spacial score (nSPS) is 13.1. The molecule has 1 amide bonds. The van der Waals surface area contributed by atoms with E-state index >= 15 is 0 Å². The summed E-state index contributed by atoms with van der Waals surface area (Å²) in [5, 5.41) is 3.91. The number of fused-ring (bicyclic) bond motifs is 2. The van der Waals surface area contributed by atoms with Crippen LogP contribution in [-0.4, -0.2) is 34.5 Å². The molecule has 31 heavy (non-hydrogen) atoms. The fourth-order valence-corrected chi connectivity index (χ4v) is 5.65. The number of anilines is 1. The van der Waals surface area contributed by atoms with Crippen LogP contribution in [0.15, 0.2) is 59.2 Å². The van der Waals surface area contributed by atoms with Crippen molar-refractivity contribution in [2.75, 3.05) is 17.7 Å². The van der Waals surface area contributed by atoms with Gasteiger partial charge in [0.25, 0.3) is 0 Å². The third-order valence-electron chi connectivity index (χ3n) is 5.52. The molecule has 0 N–H and O–H groups in total. The molecule has 0 bridgehead atoms. The van der Waals surface area contributed by atoms with Gasteiger partial charge in [0.2, 0.25) is 5.91 Å². The summed E-state index contributed by atoms with van der Waals surface area (Å²) < 4.78 is 0. The molecule has 0 spiro atoms. The van der Waals surface area contributed by atoms with E-state index in [4.69, 9.17) is 0 Å². The van der Waals surface area contributed by atoms with Crippen LogP contribution < -0.4 is 4.90 Å². The van der Waals surface area contributed by atoms with Gasteiger partial charge in [-0.25, -0.2) is 9.97 Å². The molecule has 3 heterocycles. The summed E-state index contributed by atoms with van der Waals surface area (Å²) in [5.41, 5.74) is 5.84. The van der Waals surface area contributed by atoms with Crippen molar-refractivity contribution in [3.63, 3.8) is 0 Å². The zero-order chi connectivity index (χ0) is 21.5. The summed E-state index contributed by atoms with van der Waals surface area (Å²) in [5.74, 6) is 0.352. The zero-order valence-corrected chi connectivity index (χ0v) is 18.7. The number of likely N-dealkylation sites (N-methyl/N-ethyl adjacent to an activating group) is 1. The first-order valence-electron chi connectivity index (χ1n) is 9.86. The van der Waals surface area contributed by atoms with Gasteiger partial charge >= 0.3 is 0 Å². The van der Waals surface area contributed by atoms with E-state index in [2.05, 4.69) is 46.5 Å². The van der Waals surface area contributed by atoms with Gasteiger partial charge in [-0.15, -0.1) is 11.3 Å². The predicted octanol–water partition coefficient (Wildman–Crippen LogP) is 5.16. The minimum Gasteiger partial charge on any atom is -0.315 e. The minimum absolute atomic E-state index is 0.0219. The average molecular weight is 446 g/mol. The monoisotopic (exact) mass is 445 g/mol. The number of thioether (sulfide) groups is 1. The van der Waals surface area contributed by atoms with Crippen molar-refractivity contribution >= 4 is 50.7 Å². The van der Waals surface area contributed by atoms with Crippen molar-refractivity contribution in [3.8, 4) is 11.1 Å². The second kappa shape index (κ2) is 7.90. The number of Topliss-reactive ketones (excluding diaryl/α,β-unsaturated/α-hetero) is 1. The summed E-state index contributed by atoms with van der Waals surface area (Å²) in [6.07, 6.45) is 1.91. The Bertz CT molecular complexity index is 1330. The van der Waals surface area contributed by atoms with Crippen LogP contribution in [0, 0.1) is 6.92 Å². The summed E-state index contributed by atoms with van der Waals surface area (Å²) in [6, 6.07) is 13.9. The Labute approximate surface area is 188 Å². The van der Waals surface area contributed by atoms with Gasteiger partial charge in [0.05, 0.1) is 17.6 Å².